The summed E-state index contributed by atoms with van der Waals surface area (Å²) in [5.74, 6) is -0.947. The lowest BCUT2D eigenvalue weighted by Gasteiger charge is -2.20. The van der Waals surface area contributed by atoms with Crippen LogP contribution in [0.3, 0.4) is 0 Å². The minimum Gasteiger partial charge on any atom is -0.479 e. The number of amides is 2. The third kappa shape index (κ3) is 8.23. The van der Waals surface area contributed by atoms with Gasteiger partial charge in [-0.05, 0) is 67.8 Å². The van der Waals surface area contributed by atoms with E-state index >= 15 is 0 Å². The number of benzene rings is 2. The first-order chi connectivity index (χ1) is 15.7. The number of rotatable bonds is 10. The van der Waals surface area contributed by atoms with Crippen molar-refractivity contribution in [3.8, 4) is 5.75 Å². The Morgan fingerprint density at radius 1 is 1.09 bits per heavy atom. The van der Waals surface area contributed by atoms with Crippen molar-refractivity contribution in [1.82, 2.24) is 10.7 Å². The molecule has 2 amide bonds. The molecule has 8 nitrogen and oxygen atoms in total. The molecule has 0 spiro atoms. The molecule has 0 heterocycles. The highest BCUT2D eigenvalue weighted by molar-refractivity contribution is 6.31. The predicted octanol–water partition coefficient (Wildman–Crippen LogP) is 3.58. The first-order valence-corrected chi connectivity index (χ1v) is 10.9. The van der Waals surface area contributed by atoms with Crippen molar-refractivity contribution in [2.45, 2.75) is 39.8 Å². The van der Waals surface area contributed by atoms with Crippen molar-refractivity contribution < 1.29 is 23.9 Å². The van der Waals surface area contributed by atoms with Gasteiger partial charge in [0, 0.05) is 10.6 Å². The molecular weight excluding hydrogens is 446 g/mol. The van der Waals surface area contributed by atoms with E-state index < -0.39 is 29.9 Å². The molecule has 2 atom stereocenters. The monoisotopic (exact) mass is 473 g/mol. The Morgan fingerprint density at radius 3 is 2.39 bits per heavy atom. The average Bonchev–Trinajstić information content (AvgIpc) is 2.78. The van der Waals surface area contributed by atoms with Gasteiger partial charge in [-0.1, -0.05) is 31.5 Å². The highest BCUT2D eigenvalue weighted by atomic mass is 35.5. The summed E-state index contributed by atoms with van der Waals surface area (Å²) in [5, 5.41) is 7.12. The summed E-state index contributed by atoms with van der Waals surface area (Å²) < 4.78 is 10.4. The topological polar surface area (TPSA) is 106 Å². The molecule has 2 rings (SSSR count). The van der Waals surface area contributed by atoms with Crippen LogP contribution in [0.5, 0.6) is 5.75 Å². The van der Waals surface area contributed by atoms with E-state index in [1.807, 2.05) is 13.8 Å². The van der Waals surface area contributed by atoms with Gasteiger partial charge in [0.1, 0.15) is 11.8 Å². The maximum Gasteiger partial charge on any atom is 0.347 e. The van der Waals surface area contributed by atoms with Crippen LogP contribution in [0.2, 0.25) is 5.02 Å². The fourth-order valence-electron chi connectivity index (χ4n) is 2.77. The van der Waals surface area contributed by atoms with Crippen LogP contribution < -0.4 is 15.5 Å². The van der Waals surface area contributed by atoms with Gasteiger partial charge in [0.2, 0.25) is 0 Å². The van der Waals surface area contributed by atoms with Crippen LogP contribution in [-0.4, -0.2) is 42.8 Å². The molecule has 2 aromatic carbocycles. The van der Waals surface area contributed by atoms with Gasteiger partial charge >= 0.3 is 5.97 Å². The van der Waals surface area contributed by atoms with Crippen LogP contribution in [0.25, 0.3) is 0 Å². The summed E-state index contributed by atoms with van der Waals surface area (Å²) in [6.07, 6.45) is 0.742. The highest BCUT2D eigenvalue weighted by Crippen LogP contribution is 2.14. The molecule has 0 saturated carbocycles. The predicted molar refractivity (Wildman–Crippen MR) is 126 cm³/mol. The van der Waals surface area contributed by atoms with Crippen molar-refractivity contribution in [3.05, 3.63) is 64.7 Å². The molecule has 0 aliphatic heterocycles. The SMILES string of the molecule is CCOC(=O)C(C)Oc1ccc(C=NNC(=O)C(NC(=O)c2cccc(Cl)c2)C(C)C)cc1. The van der Waals surface area contributed by atoms with Gasteiger partial charge in [0.25, 0.3) is 11.8 Å². The van der Waals surface area contributed by atoms with E-state index in [1.54, 1.807) is 56.3 Å². The van der Waals surface area contributed by atoms with Gasteiger partial charge in [-0.15, -0.1) is 0 Å². The van der Waals surface area contributed by atoms with Gasteiger partial charge in [-0.3, -0.25) is 9.59 Å². The third-order valence-corrected chi connectivity index (χ3v) is 4.76. The van der Waals surface area contributed by atoms with Crippen LogP contribution in [-0.2, 0) is 14.3 Å². The molecule has 0 aliphatic carbocycles. The lowest BCUT2D eigenvalue weighted by atomic mass is 10.0. The minimum absolute atomic E-state index is 0.166. The molecular formula is C24H28ClN3O5. The number of ether oxygens (including phenoxy) is 2. The number of esters is 1. The molecule has 0 fully saturated rings. The average molecular weight is 474 g/mol. The van der Waals surface area contributed by atoms with Crippen LogP contribution in [0, 0.1) is 5.92 Å². The molecule has 0 radical (unpaired) electrons. The van der Waals surface area contributed by atoms with Crippen molar-refractivity contribution in [3.63, 3.8) is 0 Å². The summed E-state index contributed by atoms with van der Waals surface area (Å²) in [7, 11) is 0. The number of nitrogens with zero attached hydrogens (tertiary/aromatic N) is 1. The molecule has 2 unspecified atom stereocenters. The summed E-state index contributed by atoms with van der Waals surface area (Å²) in [5.41, 5.74) is 3.52. The molecule has 9 heteroatoms. The number of hydrogen-bond acceptors (Lipinski definition) is 6. The Morgan fingerprint density at radius 2 is 1.79 bits per heavy atom. The summed E-state index contributed by atoms with van der Waals surface area (Å²) in [6, 6.07) is 12.5. The van der Waals surface area contributed by atoms with Gasteiger partial charge in [-0.2, -0.15) is 5.10 Å². The maximum atomic E-state index is 12.6. The zero-order valence-corrected chi connectivity index (χ0v) is 19.8. The molecule has 2 N–H and O–H groups in total. The van der Waals surface area contributed by atoms with Crippen LogP contribution >= 0.6 is 11.6 Å². The van der Waals surface area contributed by atoms with Gasteiger partial charge in [0.05, 0.1) is 12.8 Å². The minimum atomic E-state index is -0.784. The van der Waals surface area contributed by atoms with E-state index in [2.05, 4.69) is 15.8 Å². The second-order valence-corrected chi connectivity index (χ2v) is 7.96. The molecule has 0 aliphatic rings. The lowest BCUT2D eigenvalue weighted by Crippen LogP contribution is -2.48. The lowest BCUT2D eigenvalue weighted by molar-refractivity contribution is -0.150. The molecule has 33 heavy (non-hydrogen) atoms. The van der Waals surface area contributed by atoms with Crippen LogP contribution in [0.15, 0.2) is 53.6 Å². The Labute approximate surface area is 198 Å². The zero-order valence-electron chi connectivity index (χ0n) is 19.0. The van der Waals surface area contributed by atoms with Gasteiger partial charge < -0.3 is 14.8 Å². The van der Waals surface area contributed by atoms with Crippen molar-refractivity contribution >= 4 is 35.6 Å². The highest BCUT2D eigenvalue weighted by Gasteiger charge is 2.24. The Hall–Kier alpha value is -3.39. The van der Waals surface area contributed by atoms with Gasteiger partial charge in [-0.25, -0.2) is 10.2 Å². The zero-order chi connectivity index (χ0) is 24.4. The van der Waals surface area contributed by atoms with Crippen molar-refractivity contribution in [2.24, 2.45) is 11.0 Å². The van der Waals surface area contributed by atoms with E-state index in [0.29, 0.717) is 21.9 Å². The number of carbonyl (C=O) groups excluding carboxylic acids is 3. The number of hydrogen-bond donors (Lipinski definition) is 2. The molecule has 0 saturated heterocycles. The largest absolute Gasteiger partial charge is 0.479 e. The normalized spacial score (nSPS) is 12.8. The van der Waals surface area contributed by atoms with E-state index in [4.69, 9.17) is 21.1 Å². The summed E-state index contributed by atoms with van der Waals surface area (Å²) in [6.45, 7) is 7.27. The third-order valence-electron chi connectivity index (χ3n) is 4.52. The second kappa shape index (κ2) is 12.6. The first kappa shape index (κ1) is 25.9. The second-order valence-electron chi connectivity index (χ2n) is 7.52. The number of nitrogens with one attached hydrogen (secondary N) is 2. The number of hydrazone groups is 1. The van der Waals surface area contributed by atoms with Crippen molar-refractivity contribution in [2.75, 3.05) is 6.61 Å². The van der Waals surface area contributed by atoms with Crippen molar-refractivity contribution in [1.29, 1.82) is 0 Å². The molecule has 0 aromatic heterocycles. The molecule has 176 valence electrons. The Balaban J connectivity index is 1.93. The van der Waals surface area contributed by atoms with E-state index in [-0.39, 0.29) is 12.5 Å². The van der Waals surface area contributed by atoms with Crippen LogP contribution in [0.4, 0.5) is 0 Å². The standard InChI is InChI=1S/C24H28ClN3O5/c1-5-32-24(31)16(4)33-20-11-9-17(10-12-20)14-26-28-23(30)21(15(2)3)27-22(29)18-7-6-8-19(25)13-18/h6-16,21H,5H2,1-4H3,(H,27,29)(H,28,30). The smallest absolute Gasteiger partial charge is 0.347 e. The molecule has 2 aromatic rings. The summed E-state index contributed by atoms with van der Waals surface area (Å²) >= 11 is 5.93. The fourth-order valence-corrected chi connectivity index (χ4v) is 2.96. The fraction of sp³-hybridized carbons (Fsp3) is 0.333. The van der Waals surface area contributed by atoms with E-state index in [0.717, 1.165) is 0 Å². The number of halogens is 1. The Kier molecular flexibility index (Phi) is 9.87. The Bertz CT molecular complexity index is 992. The van der Waals surface area contributed by atoms with E-state index in [9.17, 15) is 14.4 Å². The van der Waals surface area contributed by atoms with Gasteiger partial charge in [0.15, 0.2) is 6.10 Å². The van der Waals surface area contributed by atoms with Crippen LogP contribution in [0.1, 0.15) is 43.6 Å². The first-order valence-electron chi connectivity index (χ1n) is 10.5. The quantitative estimate of drug-likeness (QED) is 0.311. The summed E-state index contributed by atoms with van der Waals surface area (Å²) in [4.78, 5) is 36.7. The molecule has 0 bridgehead atoms. The number of carbonyl (C=O) groups is 3. The van der Waals surface area contributed by atoms with E-state index in [1.165, 1.54) is 12.3 Å². The maximum absolute atomic E-state index is 12.6.